The Morgan fingerprint density at radius 3 is 2.43 bits per heavy atom. The number of likely N-dealkylation sites (tertiary alicyclic amines) is 1. The Hall–Kier alpha value is -2.17. The summed E-state index contributed by atoms with van der Waals surface area (Å²) in [6.07, 6.45) is 5.22. The predicted octanol–water partition coefficient (Wildman–Crippen LogP) is 3.76. The number of rotatable bonds is 5. The lowest BCUT2D eigenvalue weighted by molar-refractivity contribution is -0.139. The molecule has 30 heavy (non-hydrogen) atoms. The number of hydrogen-bond donors (Lipinski definition) is 1. The number of fused-ring (bicyclic) bond motifs is 1. The zero-order chi connectivity index (χ0) is 21.1. The maximum atomic E-state index is 13.6. The van der Waals surface area contributed by atoms with Gasteiger partial charge in [0.2, 0.25) is 5.91 Å². The summed E-state index contributed by atoms with van der Waals surface area (Å²) in [5, 5.41) is 0. The maximum Gasteiger partial charge on any atom is 0.227 e. The van der Waals surface area contributed by atoms with Gasteiger partial charge in [-0.2, -0.15) is 0 Å². The molecule has 2 aliphatic rings. The number of hydrogen-bond acceptors (Lipinski definition) is 3. The van der Waals surface area contributed by atoms with Gasteiger partial charge in [0.15, 0.2) is 0 Å². The quantitative estimate of drug-likeness (QED) is 0.824. The SMILES string of the molecule is CN(C)C1(c2ccccc2)CCN(C(=O)[C@@H](CN)[C@@H]2CCCc3ccccc32)CC1. The Labute approximate surface area is 181 Å². The summed E-state index contributed by atoms with van der Waals surface area (Å²) in [6.45, 7) is 2.00. The van der Waals surface area contributed by atoms with Crippen LogP contribution < -0.4 is 5.73 Å². The largest absolute Gasteiger partial charge is 0.342 e. The molecule has 0 bridgehead atoms. The summed E-state index contributed by atoms with van der Waals surface area (Å²) in [4.78, 5) is 18.0. The van der Waals surface area contributed by atoms with Gasteiger partial charge < -0.3 is 10.6 Å². The number of carbonyl (C=O) groups excluding carboxylic acids is 1. The van der Waals surface area contributed by atoms with E-state index < -0.39 is 0 Å². The predicted molar refractivity (Wildman–Crippen MR) is 122 cm³/mol. The molecule has 160 valence electrons. The molecule has 4 rings (SSSR count). The molecule has 4 nitrogen and oxygen atoms in total. The number of piperidine rings is 1. The van der Waals surface area contributed by atoms with E-state index in [-0.39, 0.29) is 23.3 Å². The van der Waals surface area contributed by atoms with Crippen molar-refractivity contribution in [2.75, 3.05) is 33.7 Å². The van der Waals surface area contributed by atoms with Gasteiger partial charge in [0.1, 0.15) is 0 Å². The van der Waals surface area contributed by atoms with Crippen molar-refractivity contribution in [2.45, 2.75) is 43.6 Å². The van der Waals surface area contributed by atoms with Crippen LogP contribution in [0.5, 0.6) is 0 Å². The van der Waals surface area contributed by atoms with Gasteiger partial charge in [-0.05, 0) is 68.8 Å². The van der Waals surface area contributed by atoms with Gasteiger partial charge in [-0.25, -0.2) is 0 Å². The molecule has 1 amide bonds. The first-order valence-electron chi connectivity index (χ1n) is 11.4. The minimum Gasteiger partial charge on any atom is -0.342 e. The Bertz CT molecular complexity index is 856. The van der Waals surface area contributed by atoms with E-state index in [1.54, 1.807) is 0 Å². The second-order valence-corrected chi connectivity index (χ2v) is 9.16. The zero-order valence-electron chi connectivity index (χ0n) is 18.4. The molecular formula is C26H35N3O. The highest BCUT2D eigenvalue weighted by molar-refractivity contribution is 5.80. The van der Waals surface area contributed by atoms with Crippen LogP contribution in [-0.2, 0) is 16.8 Å². The number of aryl methyl sites for hydroxylation is 1. The normalized spacial score (nSPS) is 21.9. The molecule has 1 aliphatic heterocycles. The van der Waals surface area contributed by atoms with Crippen molar-refractivity contribution in [1.29, 1.82) is 0 Å². The number of carbonyl (C=O) groups is 1. The van der Waals surface area contributed by atoms with Crippen molar-refractivity contribution < 1.29 is 4.79 Å². The highest BCUT2D eigenvalue weighted by Crippen LogP contribution is 2.40. The van der Waals surface area contributed by atoms with Crippen molar-refractivity contribution >= 4 is 5.91 Å². The van der Waals surface area contributed by atoms with Crippen molar-refractivity contribution in [3.8, 4) is 0 Å². The molecule has 1 saturated heterocycles. The average molecular weight is 406 g/mol. The van der Waals surface area contributed by atoms with Crippen LogP contribution in [0.4, 0.5) is 0 Å². The number of benzene rings is 2. The fraction of sp³-hybridized carbons (Fsp3) is 0.500. The minimum atomic E-state index is -0.116. The lowest BCUT2D eigenvalue weighted by Crippen LogP contribution is -2.53. The van der Waals surface area contributed by atoms with Gasteiger partial charge in [-0.3, -0.25) is 9.69 Å². The Morgan fingerprint density at radius 1 is 1.10 bits per heavy atom. The van der Waals surface area contributed by atoms with Gasteiger partial charge in [-0.15, -0.1) is 0 Å². The fourth-order valence-corrected chi connectivity index (χ4v) is 5.72. The second-order valence-electron chi connectivity index (χ2n) is 9.16. The summed E-state index contributed by atoms with van der Waals surface area (Å²) < 4.78 is 0. The molecule has 0 aromatic heterocycles. The van der Waals surface area contributed by atoms with Crippen LogP contribution in [0.3, 0.4) is 0 Å². The van der Waals surface area contributed by atoms with Gasteiger partial charge in [0.05, 0.1) is 5.92 Å². The summed E-state index contributed by atoms with van der Waals surface area (Å²) in [5.74, 6) is 0.386. The molecule has 2 aromatic carbocycles. The Balaban J connectivity index is 1.51. The van der Waals surface area contributed by atoms with Crippen LogP contribution in [-0.4, -0.2) is 49.4 Å². The number of nitrogens with zero attached hydrogens (tertiary/aromatic N) is 2. The molecule has 1 heterocycles. The van der Waals surface area contributed by atoms with Crippen LogP contribution in [0.1, 0.15) is 48.3 Å². The van der Waals surface area contributed by atoms with E-state index in [9.17, 15) is 4.79 Å². The van der Waals surface area contributed by atoms with E-state index in [2.05, 4.69) is 78.5 Å². The molecule has 0 spiro atoms. The lowest BCUT2D eigenvalue weighted by Gasteiger charge is -2.47. The van der Waals surface area contributed by atoms with E-state index in [1.165, 1.54) is 16.7 Å². The second kappa shape index (κ2) is 8.91. The highest BCUT2D eigenvalue weighted by Gasteiger charge is 2.41. The molecule has 2 aromatic rings. The molecule has 0 saturated carbocycles. The van der Waals surface area contributed by atoms with Crippen molar-refractivity contribution in [3.63, 3.8) is 0 Å². The Morgan fingerprint density at radius 2 is 1.77 bits per heavy atom. The molecule has 4 heteroatoms. The fourth-order valence-electron chi connectivity index (χ4n) is 5.72. The van der Waals surface area contributed by atoms with E-state index >= 15 is 0 Å². The molecule has 2 atom stereocenters. The lowest BCUT2D eigenvalue weighted by atomic mass is 9.74. The van der Waals surface area contributed by atoms with Crippen molar-refractivity contribution in [3.05, 3.63) is 71.3 Å². The van der Waals surface area contributed by atoms with E-state index in [0.717, 1.165) is 45.2 Å². The van der Waals surface area contributed by atoms with Gasteiger partial charge >= 0.3 is 0 Å². The van der Waals surface area contributed by atoms with E-state index in [4.69, 9.17) is 5.73 Å². The number of amides is 1. The van der Waals surface area contributed by atoms with Gasteiger partial charge in [0, 0.05) is 25.2 Å². The number of nitrogens with two attached hydrogens (primary N) is 1. The monoisotopic (exact) mass is 405 g/mol. The summed E-state index contributed by atoms with van der Waals surface area (Å²) >= 11 is 0. The van der Waals surface area contributed by atoms with Crippen molar-refractivity contribution in [1.82, 2.24) is 9.80 Å². The molecule has 1 fully saturated rings. The first kappa shape index (κ1) is 21.1. The smallest absolute Gasteiger partial charge is 0.227 e. The molecule has 1 aliphatic carbocycles. The van der Waals surface area contributed by atoms with E-state index in [0.29, 0.717) is 6.54 Å². The first-order chi connectivity index (χ1) is 14.6. The van der Waals surface area contributed by atoms with Crippen LogP contribution in [0, 0.1) is 5.92 Å². The molecular weight excluding hydrogens is 370 g/mol. The van der Waals surface area contributed by atoms with Gasteiger partial charge in [-0.1, -0.05) is 54.6 Å². The van der Waals surface area contributed by atoms with E-state index in [1.807, 2.05) is 0 Å². The third-order valence-corrected chi connectivity index (χ3v) is 7.54. The van der Waals surface area contributed by atoms with Crippen LogP contribution in [0.15, 0.2) is 54.6 Å². The van der Waals surface area contributed by atoms with Crippen LogP contribution in [0.2, 0.25) is 0 Å². The van der Waals surface area contributed by atoms with Crippen molar-refractivity contribution in [2.24, 2.45) is 11.7 Å². The van der Waals surface area contributed by atoms with Gasteiger partial charge in [0.25, 0.3) is 0 Å². The standard InChI is InChI=1S/C26H35N3O/c1-28(2)26(21-11-4-3-5-12-21)15-17-29(18-16-26)25(30)24(19-27)23-14-8-10-20-9-6-7-13-22(20)23/h3-7,9,11-13,23-24H,8,10,14-19,27H2,1-2H3/t23-,24+/m1/s1. The maximum absolute atomic E-state index is 13.6. The van der Waals surface area contributed by atoms with Crippen LogP contribution in [0.25, 0.3) is 0 Å². The van der Waals surface area contributed by atoms with Crippen LogP contribution >= 0.6 is 0 Å². The zero-order valence-corrected chi connectivity index (χ0v) is 18.4. The minimum absolute atomic E-state index is 0.00626. The summed E-state index contributed by atoms with van der Waals surface area (Å²) in [6, 6.07) is 19.4. The molecule has 2 N–H and O–H groups in total. The topological polar surface area (TPSA) is 49.6 Å². The first-order valence-corrected chi connectivity index (χ1v) is 11.4. The average Bonchev–Trinajstić information content (AvgIpc) is 2.80. The highest BCUT2D eigenvalue weighted by atomic mass is 16.2. The third kappa shape index (κ3) is 3.79. The summed E-state index contributed by atoms with van der Waals surface area (Å²) in [7, 11) is 4.32. The molecule has 0 radical (unpaired) electrons. The Kier molecular flexibility index (Phi) is 6.26. The third-order valence-electron chi connectivity index (χ3n) is 7.54. The summed E-state index contributed by atoms with van der Waals surface area (Å²) in [5.41, 5.74) is 10.3. The molecule has 0 unspecified atom stereocenters.